The average molecular weight is 191 g/mol. The minimum Gasteiger partial charge on any atom is -0.0747 e. The van der Waals surface area contributed by atoms with E-state index in [1.54, 1.807) is 0 Å². The van der Waals surface area contributed by atoms with Crippen molar-refractivity contribution in [3.63, 3.8) is 0 Å². The normalized spacial score (nSPS) is 12.1. The molecule has 0 unspecified atom stereocenters. The third-order valence-electron chi connectivity index (χ3n) is 1.23. The summed E-state index contributed by atoms with van der Waals surface area (Å²) in [6, 6.07) is 0. The molecule has 0 aliphatic heterocycles. The van der Waals surface area contributed by atoms with Gasteiger partial charge in [-0.05, 0) is 24.2 Å². The van der Waals surface area contributed by atoms with Gasteiger partial charge in [0.15, 0.2) is 0 Å². The molecule has 1 heteroatoms. The smallest absolute Gasteiger partial charge is 0.0120 e. The summed E-state index contributed by atoms with van der Waals surface area (Å²) in [6.45, 7) is 4.30. The summed E-state index contributed by atoms with van der Waals surface area (Å²) in [5.41, 5.74) is 0. The van der Waals surface area contributed by atoms with Crippen LogP contribution in [-0.2, 0) is 0 Å². The summed E-state index contributed by atoms with van der Waals surface area (Å²) in [7, 11) is 0. The Morgan fingerprint density at radius 2 is 2.11 bits per heavy atom. The maximum atomic E-state index is 3.39. The Morgan fingerprint density at radius 3 is 2.56 bits per heavy atom. The van der Waals surface area contributed by atoms with Gasteiger partial charge >= 0.3 is 0 Å². The minimum atomic E-state index is 1.23. The van der Waals surface area contributed by atoms with Crippen molar-refractivity contribution in [1.29, 1.82) is 0 Å². The second kappa shape index (κ2) is 6.34. The first-order valence-electron chi connectivity index (χ1n) is 3.59. The Morgan fingerprint density at radius 1 is 1.44 bits per heavy atom. The van der Waals surface area contributed by atoms with Crippen LogP contribution in [-0.4, -0.2) is 0 Å². The zero-order chi connectivity index (χ0) is 7.11. The molecule has 0 saturated heterocycles. The van der Waals surface area contributed by atoms with Gasteiger partial charge in [0.05, 0.1) is 0 Å². The second-order valence-corrected chi connectivity index (χ2v) is 3.54. The topological polar surface area (TPSA) is 0 Å². The lowest BCUT2D eigenvalue weighted by Crippen LogP contribution is -1.70. The van der Waals surface area contributed by atoms with E-state index in [0.29, 0.717) is 0 Å². The fourth-order valence-electron chi connectivity index (χ4n) is 0.695. The Hall–Kier alpha value is 0.220. The molecule has 0 aliphatic rings. The first-order valence-corrected chi connectivity index (χ1v) is 4.39. The van der Waals surface area contributed by atoms with E-state index in [-0.39, 0.29) is 0 Å². The highest BCUT2D eigenvalue weighted by atomic mass is 79.9. The second-order valence-electron chi connectivity index (χ2n) is 2.29. The Bertz CT molecular complexity index is 80.6. The molecule has 0 radical (unpaired) electrons. The third-order valence-corrected chi connectivity index (χ3v) is 1.56. The molecule has 0 heterocycles. The van der Waals surface area contributed by atoms with Gasteiger partial charge in [-0.1, -0.05) is 41.8 Å². The molecule has 0 N–H and O–H groups in total. The SMILES string of the molecule is CCCCC/C=C(\C)Br. The fourth-order valence-corrected chi connectivity index (χ4v) is 0.924. The lowest BCUT2D eigenvalue weighted by atomic mass is 10.2. The van der Waals surface area contributed by atoms with Gasteiger partial charge in [-0.2, -0.15) is 0 Å². The zero-order valence-electron chi connectivity index (χ0n) is 6.28. The van der Waals surface area contributed by atoms with Crippen LogP contribution in [0, 0.1) is 0 Å². The van der Waals surface area contributed by atoms with Gasteiger partial charge in [0.2, 0.25) is 0 Å². The quantitative estimate of drug-likeness (QED) is 0.591. The van der Waals surface area contributed by atoms with Crippen LogP contribution >= 0.6 is 15.9 Å². The molecule has 0 aromatic heterocycles. The molecule has 0 atom stereocenters. The van der Waals surface area contributed by atoms with E-state index < -0.39 is 0 Å². The molecule has 0 amide bonds. The van der Waals surface area contributed by atoms with Crippen molar-refractivity contribution in [2.75, 3.05) is 0 Å². The summed E-state index contributed by atoms with van der Waals surface area (Å²) in [5, 5.41) is 0. The van der Waals surface area contributed by atoms with Crippen LogP contribution < -0.4 is 0 Å². The van der Waals surface area contributed by atoms with Crippen LogP contribution in [0.3, 0.4) is 0 Å². The van der Waals surface area contributed by atoms with Gasteiger partial charge in [-0.25, -0.2) is 0 Å². The first kappa shape index (κ1) is 9.22. The van der Waals surface area contributed by atoms with E-state index in [2.05, 4.69) is 35.9 Å². The van der Waals surface area contributed by atoms with Crippen LogP contribution in [0.5, 0.6) is 0 Å². The minimum absolute atomic E-state index is 1.23. The Labute approximate surface area is 66.5 Å². The maximum Gasteiger partial charge on any atom is -0.0120 e. The molecular weight excluding hydrogens is 176 g/mol. The number of allylic oxidation sites excluding steroid dienone is 2. The number of unbranched alkanes of at least 4 members (excludes halogenated alkanes) is 3. The van der Waals surface area contributed by atoms with Gasteiger partial charge in [0.1, 0.15) is 0 Å². The van der Waals surface area contributed by atoms with Crippen molar-refractivity contribution in [1.82, 2.24) is 0 Å². The van der Waals surface area contributed by atoms with Crippen molar-refractivity contribution in [3.05, 3.63) is 10.6 Å². The Balaban J connectivity index is 3.00. The van der Waals surface area contributed by atoms with Crippen LogP contribution in [0.4, 0.5) is 0 Å². The maximum absolute atomic E-state index is 3.39. The lowest BCUT2D eigenvalue weighted by Gasteiger charge is -1.91. The van der Waals surface area contributed by atoms with Crippen LogP contribution in [0.1, 0.15) is 39.5 Å². The number of halogens is 1. The summed E-state index contributed by atoms with van der Waals surface area (Å²) in [4.78, 5) is 0. The summed E-state index contributed by atoms with van der Waals surface area (Å²) < 4.78 is 1.26. The predicted molar refractivity (Wildman–Crippen MR) is 46.8 cm³/mol. The van der Waals surface area contributed by atoms with Gasteiger partial charge in [0, 0.05) is 0 Å². The molecule has 54 valence electrons. The predicted octanol–water partition coefficient (Wildman–Crippen LogP) is 3.87. The van der Waals surface area contributed by atoms with Crippen LogP contribution in [0.15, 0.2) is 10.6 Å². The Kier molecular flexibility index (Phi) is 6.50. The largest absolute Gasteiger partial charge is 0.0747 e. The zero-order valence-corrected chi connectivity index (χ0v) is 7.87. The standard InChI is InChI=1S/C8H15Br/c1-3-4-5-6-7-8(2)9/h7H,3-6H2,1-2H3/b8-7+. The van der Waals surface area contributed by atoms with Crippen molar-refractivity contribution in [2.24, 2.45) is 0 Å². The number of hydrogen-bond donors (Lipinski definition) is 0. The third kappa shape index (κ3) is 8.22. The molecule has 0 bridgehead atoms. The summed E-state index contributed by atoms with van der Waals surface area (Å²) in [5.74, 6) is 0. The highest BCUT2D eigenvalue weighted by Crippen LogP contribution is 2.06. The molecule has 0 aliphatic carbocycles. The molecule has 0 rings (SSSR count). The first-order chi connectivity index (χ1) is 4.27. The van der Waals surface area contributed by atoms with Crippen molar-refractivity contribution in [2.45, 2.75) is 39.5 Å². The van der Waals surface area contributed by atoms with Gasteiger partial charge in [0.25, 0.3) is 0 Å². The van der Waals surface area contributed by atoms with Gasteiger partial charge in [-0.15, -0.1) is 0 Å². The monoisotopic (exact) mass is 190 g/mol. The highest BCUT2D eigenvalue weighted by Gasteiger charge is 1.82. The average Bonchev–Trinajstić information content (AvgIpc) is 1.80. The van der Waals surface area contributed by atoms with E-state index in [9.17, 15) is 0 Å². The summed E-state index contributed by atoms with van der Waals surface area (Å²) in [6.07, 6.45) is 7.46. The van der Waals surface area contributed by atoms with Crippen LogP contribution in [0.25, 0.3) is 0 Å². The number of rotatable bonds is 4. The van der Waals surface area contributed by atoms with Crippen molar-refractivity contribution >= 4 is 15.9 Å². The molecule has 0 fully saturated rings. The molecule has 0 saturated carbocycles. The van der Waals surface area contributed by atoms with E-state index in [4.69, 9.17) is 0 Å². The molecule has 0 aromatic carbocycles. The fraction of sp³-hybridized carbons (Fsp3) is 0.750. The van der Waals surface area contributed by atoms with Gasteiger partial charge in [-0.3, -0.25) is 0 Å². The molecular formula is C8H15Br. The van der Waals surface area contributed by atoms with Crippen molar-refractivity contribution in [3.8, 4) is 0 Å². The lowest BCUT2D eigenvalue weighted by molar-refractivity contribution is 0.728. The highest BCUT2D eigenvalue weighted by molar-refractivity contribution is 9.11. The van der Waals surface area contributed by atoms with Crippen molar-refractivity contribution < 1.29 is 0 Å². The molecule has 0 aromatic rings. The van der Waals surface area contributed by atoms with E-state index in [0.717, 1.165) is 0 Å². The molecule has 0 spiro atoms. The molecule has 0 nitrogen and oxygen atoms in total. The molecule has 9 heavy (non-hydrogen) atoms. The van der Waals surface area contributed by atoms with Crippen LogP contribution in [0.2, 0.25) is 0 Å². The summed E-state index contributed by atoms with van der Waals surface area (Å²) >= 11 is 3.39. The number of hydrogen-bond acceptors (Lipinski definition) is 0. The van der Waals surface area contributed by atoms with E-state index >= 15 is 0 Å². The van der Waals surface area contributed by atoms with E-state index in [1.807, 2.05) is 0 Å². The van der Waals surface area contributed by atoms with E-state index in [1.165, 1.54) is 30.2 Å². The van der Waals surface area contributed by atoms with Gasteiger partial charge < -0.3 is 0 Å².